The fraction of sp³-hybridized carbons (Fsp3) is 0.455. The van der Waals surface area contributed by atoms with E-state index in [1.54, 1.807) is 17.0 Å². The van der Waals surface area contributed by atoms with Crippen molar-refractivity contribution in [2.45, 2.75) is 45.3 Å². The zero-order chi connectivity index (χ0) is 22.7. The van der Waals surface area contributed by atoms with Crippen LogP contribution in [0.2, 0.25) is 0 Å². The number of hydrogen-bond acceptors (Lipinski definition) is 6. The number of halogens is 1. The number of hydrogen-bond donors (Lipinski definition) is 1. The van der Waals surface area contributed by atoms with Crippen molar-refractivity contribution in [2.24, 2.45) is 7.05 Å². The molecule has 1 unspecified atom stereocenters. The summed E-state index contributed by atoms with van der Waals surface area (Å²) in [4.78, 5) is 43.4. The lowest BCUT2D eigenvalue weighted by Gasteiger charge is -2.24. The van der Waals surface area contributed by atoms with Crippen LogP contribution in [-0.4, -0.2) is 50.5 Å². The Labute approximate surface area is 179 Å². The van der Waals surface area contributed by atoms with Gasteiger partial charge in [-0.1, -0.05) is 12.1 Å². The normalized spacial score (nSPS) is 18.4. The first-order valence-electron chi connectivity index (χ1n) is 10.2. The number of nitrogens with zero attached hydrogens (tertiary/aromatic N) is 3. The molecule has 8 nitrogen and oxygen atoms in total. The van der Waals surface area contributed by atoms with Gasteiger partial charge in [0.15, 0.2) is 11.5 Å². The summed E-state index contributed by atoms with van der Waals surface area (Å²) in [6, 6.07) is 5.20. The van der Waals surface area contributed by atoms with Crippen molar-refractivity contribution < 1.29 is 23.8 Å². The Kier molecular flexibility index (Phi) is 6.84. The summed E-state index contributed by atoms with van der Waals surface area (Å²) in [5.41, 5.74) is -0.321. The van der Waals surface area contributed by atoms with Crippen LogP contribution in [-0.2, 0) is 23.0 Å². The first-order valence-corrected chi connectivity index (χ1v) is 10.2. The minimum Gasteiger partial charge on any atom is -0.501 e. The molecule has 166 valence electrons. The van der Waals surface area contributed by atoms with E-state index in [0.717, 1.165) is 5.56 Å². The molecule has 0 spiro atoms. The lowest BCUT2D eigenvalue weighted by molar-refractivity contribution is -0.130. The maximum absolute atomic E-state index is 13.1. The molecule has 3 rings (SSSR count). The summed E-state index contributed by atoms with van der Waals surface area (Å²) in [5, 5.41) is 10.3. The second kappa shape index (κ2) is 9.38. The number of amides is 1. The predicted octanol–water partition coefficient (Wildman–Crippen LogP) is 2.14. The lowest BCUT2D eigenvalue weighted by atomic mass is 10.1. The number of carbonyl (C=O) groups excluding carboxylic acids is 2. The van der Waals surface area contributed by atoms with E-state index in [0.29, 0.717) is 26.0 Å². The summed E-state index contributed by atoms with van der Waals surface area (Å²) in [6.45, 7) is 4.13. The molecule has 0 radical (unpaired) electrons. The Bertz CT molecular complexity index is 1030. The summed E-state index contributed by atoms with van der Waals surface area (Å²) >= 11 is 0. The molecule has 9 heteroatoms. The van der Waals surface area contributed by atoms with E-state index in [1.807, 2.05) is 6.92 Å². The van der Waals surface area contributed by atoms with Crippen molar-refractivity contribution in [1.82, 2.24) is 14.5 Å². The van der Waals surface area contributed by atoms with Crippen LogP contribution in [0.5, 0.6) is 5.75 Å². The van der Waals surface area contributed by atoms with Crippen LogP contribution < -0.4 is 5.56 Å². The lowest BCUT2D eigenvalue weighted by Crippen LogP contribution is -2.34. The largest absolute Gasteiger partial charge is 0.501 e. The van der Waals surface area contributed by atoms with Crippen molar-refractivity contribution in [1.29, 1.82) is 0 Å². The fourth-order valence-electron chi connectivity index (χ4n) is 3.87. The van der Waals surface area contributed by atoms with E-state index in [9.17, 15) is 23.9 Å². The zero-order valence-corrected chi connectivity index (χ0v) is 17.8. The highest BCUT2D eigenvalue weighted by molar-refractivity contribution is 5.96. The molecule has 1 N–H and O–H groups in total. The van der Waals surface area contributed by atoms with Gasteiger partial charge in [0.25, 0.3) is 5.56 Å². The monoisotopic (exact) mass is 431 g/mol. The van der Waals surface area contributed by atoms with Crippen LogP contribution in [0.25, 0.3) is 0 Å². The number of benzene rings is 1. The van der Waals surface area contributed by atoms with Gasteiger partial charge in [-0.05, 0) is 31.0 Å². The number of aromatic nitrogens is 2. The quantitative estimate of drug-likeness (QED) is 0.674. The standard InChI is InChI=1S/C22H26FN3O5/c1-4-31-16-11-17(26(12-16)13(2)27)21-24-19(20(29)22(30)25(21)3)18(28)10-7-14-5-8-15(23)9-6-14/h5-6,8-9,16-17,29H,4,7,10-12H2,1-3H3/t16-,17?/m1/s1. The molecular weight excluding hydrogens is 405 g/mol. The minimum atomic E-state index is -0.751. The predicted molar refractivity (Wildman–Crippen MR) is 110 cm³/mol. The third-order valence-corrected chi connectivity index (χ3v) is 5.49. The van der Waals surface area contributed by atoms with Crippen molar-refractivity contribution in [2.75, 3.05) is 13.2 Å². The fourth-order valence-corrected chi connectivity index (χ4v) is 3.87. The van der Waals surface area contributed by atoms with Crippen molar-refractivity contribution >= 4 is 11.7 Å². The first kappa shape index (κ1) is 22.6. The molecule has 1 aromatic carbocycles. The highest BCUT2D eigenvalue weighted by Crippen LogP contribution is 2.33. The van der Waals surface area contributed by atoms with Crippen LogP contribution in [0, 0.1) is 5.82 Å². The van der Waals surface area contributed by atoms with Crippen LogP contribution in [0.15, 0.2) is 29.1 Å². The van der Waals surface area contributed by atoms with Gasteiger partial charge in [-0.25, -0.2) is 9.37 Å². The maximum atomic E-state index is 13.1. The highest BCUT2D eigenvalue weighted by Gasteiger charge is 2.38. The Hall–Kier alpha value is -3.07. The number of rotatable bonds is 7. The molecule has 2 heterocycles. The number of ether oxygens (including phenoxy) is 1. The third kappa shape index (κ3) is 4.82. The van der Waals surface area contributed by atoms with Crippen LogP contribution in [0.3, 0.4) is 0 Å². The van der Waals surface area contributed by atoms with Gasteiger partial charge in [0.1, 0.15) is 11.6 Å². The first-order chi connectivity index (χ1) is 14.7. The smallest absolute Gasteiger partial charge is 0.296 e. The Morgan fingerprint density at radius 3 is 2.58 bits per heavy atom. The minimum absolute atomic E-state index is 0.0124. The van der Waals surface area contributed by atoms with Crippen molar-refractivity contribution in [3.63, 3.8) is 0 Å². The Morgan fingerprint density at radius 1 is 1.29 bits per heavy atom. The number of Topliss-reactive ketones (excluding diaryl/α,β-unsaturated/α-hetero) is 1. The van der Waals surface area contributed by atoms with Crippen LogP contribution >= 0.6 is 0 Å². The van der Waals surface area contributed by atoms with E-state index in [1.165, 1.54) is 30.7 Å². The van der Waals surface area contributed by atoms with Gasteiger partial charge >= 0.3 is 0 Å². The van der Waals surface area contributed by atoms with Gasteiger partial charge in [0.2, 0.25) is 11.7 Å². The van der Waals surface area contributed by atoms with Crippen LogP contribution in [0.4, 0.5) is 4.39 Å². The van der Waals surface area contributed by atoms with Crippen molar-refractivity contribution in [3.05, 3.63) is 57.5 Å². The number of carbonyl (C=O) groups is 2. The number of aryl methyl sites for hydroxylation is 1. The SMILES string of the molecule is CCO[C@@H]1CC(c2nc(C(=O)CCc3ccc(F)cc3)c(O)c(=O)n2C)N(C(C)=O)C1. The Morgan fingerprint density at radius 2 is 1.97 bits per heavy atom. The van der Waals surface area contributed by atoms with E-state index in [4.69, 9.17) is 4.74 Å². The molecule has 1 fully saturated rings. The van der Waals surface area contributed by atoms with E-state index < -0.39 is 23.1 Å². The molecule has 0 saturated carbocycles. The second-order valence-corrected chi connectivity index (χ2v) is 7.58. The topological polar surface area (TPSA) is 102 Å². The molecule has 2 atom stereocenters. The molecule has 1 saturated heterocycles. The zero-order valence-electron chi connectivity index (χ0n) is 17.8. The number of aromatic hydroxyl groups is 1. The van der Waals surface area contributed by atoms with Gasteiger partial charge in [-0.3, -0.25) is 19.0 Å². The van der Waals surface area contributed by atoms with Crippen LogP contribution in [0.1, 0.15) is 54.6 Å². The molecule has 1 aromatic heterocycles. The average Bonchev–Trinajstić information content (AvgIpc) is 3.16. The van der Waals surface area contributed by atoms with E-state index >= 15 is 0 Å². The van der Waals surface area contributed by atoms with Gasteiger partial charge in [-0.15, -0.1) is 0 Å². The summed E-state index contributed by atoms with van der Waals surface area (Å²) in [7, 11) is 1.45. The van der Waals surface area contributed by atoms with Gasteiger partial charge < -0.3 is 14.7 Å². The number of likely N-dealkylation sites (tertiary alicyclic amines) is 1. The number of ketones is 1. The maximum Gasteiger partial charge on any atom is 0.296 e. The third-order valence-electron chi connectivity index (χ3n) is 5.49. The second-order valence-electron chi connectivity index (χ2n) is 7.58. The van der Waals surface area contributed by atoms with Gasteiger partial charge in [0.05, 0.1) is 12.1 Å². The molecule has 0 aliphatic carbocycles. The molecule has 0 bridgehead atoms. The molecular formula is C22H26FN3O5. The average molecular weight is 431 g/mol. The van der Waals surface area contributed by atoms with E-state index in [2.05, 4.69) is 4.98 Å². The molecule has 1 aliphatic heterocycles. The summed E-state index contributed by atoms with van der Waals surface area (Å²) < 4.78 is 19.9. The molecule has 2 aromatic rings. The van der Waals surface area contributed by atoms with Gasteiger partial charge in [-0.2, -0.15) is 0 Å². The summed E-state index contributed by atoms with van der Waals surface area (Å²) in [5.74, 6) is -1.56. The Balaban J connectivity index is 1.90. The molecule has 31 heavy (non-hydrogen) atoms. The van der Waals surface area contributed by atoms with Gasteiger partial charge in [0, 0.05) is 40.0 Å². The van der Waals surface area contributed by atoms with Crippen molar-refractivity contribution in [3.8, 4) is 5.75 Å². The summed E-state index contributed by atoms with van der Waals surface area (Å²) in [6.07, 6.45) is 0.519. The molecule has 1 amide bonds. The highest BCUT2D eigenvalue weighted by atomic mass is 19.1. The van der Waals surface area contributed by atoms with E-state index in [-0.39, 0.29) is 35.8 Å². The molecule has 1 aliphatic rings.